The molecule has 0 saturated carbocycles. The van der Waals surface area contributed by atoms with Crippen LogP contribution in [-0.2, 0) is 9.84 Å². The van der Waals surface area contributed by atoms with Crippen molar-refractivity contribution in [3.63, 3.8) is 0 Å². The van der Waals surface area contributed by atoms with Crippen molar-refractivity contribution in [1.29, 1.82) is 0 Å². The van der Waals surface area contributed by atoms with Crippen LogP contribution in [0, 0.1) is 0 Å². The Labute approximate surface area is 124 Å². The molecule has 0 amide bonds. The van der Waals surface area contributed by atoms with E-state index in [0.29, 0.717) is 21.8 Å². The zero-order chi connectivity index (χ0) is 14.8. The molecular formula is C11H12BrN5O2S. The Hall–Kier alpha value is -1.71. The van der Waals surface area contributed by atoms with Gasteiger partial charge in [-0.15, -0.1) is 0 Å². The number of rotatable bonds is 4. The average molecular weight is 358 g/mol. The molecule has 0 radical (unpaired) electrons. The molecule has 0 aliphatic carbocycles. The minimum absolute atomic E-state index is 0.258. The van der Waals surface area contributed by atoms with Crippen molar-refractivity contribution in [3.8, 4) is 0 Å². The number of aromatic nitrogens is 2. The number of nitrogens with one attached hydrogen (secondary N) is 2. The Balaban J connectivity index is 2.27. The molecule has 0 atom stereocenters. The van der Waals surface area contributed by atoms with Gasteiger partial charge in [0, 0.05) is 11.9 Å². The van der Waals surface area contributed by atoms with Crippen LogP contribution in [0.2, 0.25) is 0 Å². The molecule has 2 aromatic rings. The van der Waals surface area contributed by atoms with Crippen molar-refractivity contribution in [2.24, 2.45) is 5.84 Å². The third-order valence-electron chi connectivity index (χ3n) is 2.47. The van der Waals surface area contributed by atoms with E-state index in [4.69, 9.17) is 5.84 Å². The van der Waals surface area contributed by atoms with E-state index in [1.165, 1.54) is 18.5 Å². The number of nitrogens with zero attached hydrogens (tertiary/aromatic N) is 2. The highest BCUT2D eigenvalue weighted by atomic mass is 79.9. The zero-order valence-corrected chi connectivity index (χ0v) is 12.9. The van der Waals surface area contributed by atoms with Gasteiger partial charge in [-0.2, -0.15) is 0 Å². The third kappa shape index (κ3) is 3.24. The number of sulfone groups is 1. The molecule has 0 unspecified atom stereocenters. The lowest BCUT2D eigenvalue weighted by Gasteiger charge is -2.10. The fraction of sp³-hybridized carbons (Fsp3) is 0.0909. The molecule has 0 spiro atoms. The summed E-state index contributed by atoms with van der Waals surface area (Å²) in [5.74, 6) is 6.27. The number of anilines is 3. The van der Waals surface area contributed by atoms with Gasteiger partial charge in [0.05, 0.1) is 4.90 Å². The lowest BCUT2D eigenvalue weighted by Crippen LogP contribution is -2.10. The Morgan fingerprint density at radius 3 is 2.30 bits per heavy atom. The molecule has 0 fully saturated rings. The van der Waals surface area contributed by atoms with E-state index in [0.717, 1.165) is 6.26 Å². The van der Waals surface area contributed by atoms with Gasteiger partial charge < -0.3 is 10.7 Å². The maximum Gasteiger partial charge on any atom is 0.175 e. The third-order valence-corrected chi connectivity index (χ3v) is 4.35. The smallest absolute Gasteiger partial charge is 0.175 e. The predicted octanol–water partition coefficient (Wildman–Crippen LogP) is 1.67. The summed E-state index contributed by atoms with van der Waals surface area (Å²) in [5, 5.41) is 3.04. The first-order valence-electron chi connectivity index (χ1n) is 5.46. The number of halogens is 1. The van der Waals surface area contributed by atoms with Gasteiger partial charge in [-0.1, -0.05) is 0 Å². The van der Waals surface area contributed by atoms with E-state index in [-0.39, 0.29) is 4.90 Å². The standard InChI is InChI=1S/C11H12BrN5O2S/c1-20(18,19)8-4-2-7(3-5-8)16-10-9(12)11(17-13)15-6-14-10/h2-6H,13H2,1H3,(H2,14,15,16,17). The Bertz CT molecular complexity index is 718. The lowest BCUT2D eigenvalue weighted by atomic mass is 10.3. The summed E-state index contributed by atoms with van der Waals surface area (Å²) in [6, 6.07) is 6.35. The normalized spacial score (nSPS) is 11.2. The van der Waals surface area contributed by atoms with Crippen molar-refractivity contribution >= 4 is 43.1 Å². The molecule has 0 bridgehead atoms. The second kappa shape index (κ2) is 5.73. The van der Waals surface area contributed by atoms with Crippen LogP contribution < -0.4 is 16.6 Å². The highest BCUT2D eigenvalue weighted by molar-refractivity contribution is 9.10. The minimum atomic E-state index is -3.20. The second-order valence-corrected chi connectivity index (χ2v) is 6.76. The first-order chi connectivity index (χ1) is 9.41. The maximum absolute atomic E-state index is 11.4. The first-order valence-corrected chi connectivity index (χ1v) is 8.14. The molecule has 1 aromatic carbocycles. The molecular weight excluding hydrogens is 346 g/mol. The molecule has 1 heterocycles. The fourth-order valence-corrected chi connectivity index (χ4v) is 2.53. The van der Waals surface area contributed by atoms with Crippen LogP contribution in [0.3, 0.4) is 0 Å². The van der Waals surface area contributed by atoms with Crippen LogP contribution in [0.1, 0.15) is 0 Å². The summed E-state index contributed by atoms with van der Waals surface area (Å²) < 4.78 is 23.3. The Morgan fingerprint density at radius 2 is 1.75 bits per heavy atom. The number of hydrogen-bond acceptors (Lipinski definition) is 7. The first kappa shape index (κ1) is 14.7. The quantitative estimate of drug-likeness (QED) is 0.563. The monoisotopic (exact) mass is 357 g/mol. The number of nitrogens with two attached hydrogens (primary N) is 1. The highest BCUT2D eigenvalue weighted by Crippen LogP contribution is 2.28. The van der Waals surface area contributed by atoms with E-state index in [1.54, 1.807) is 12.1 Å². The van der Waals surface area contributed by atoms with Crippen LogP contribution >= 0.6 is 15.9 Å². The fourth-order valence-electron chi connectivity index (χ4n) is 1.48. The van der Waals surface area contributed by atoms with Gasteiger partial charge in [0.2, 0.25) is 0 Å². The van der Waals surface area contributed by atoms with Crippen molar-refractivity contribution in [1.82, 2.24) is 9.97 Å². The highest BCUT2D eigenvalue weighted by Gasteiger charge is 2.09. The number of nitrogen functional groups attached to an aromatic ring is 1. The van der Waals surface area contributed by atoms with Crippen molar-refractivity contribution in [2.75, 3.05) is 17.0 Å². The second-order valence-electron chi connectivity index (χ2n) is 3.95. The molecule has 9 heteroatoms. The van der Waals surface area contributed by atoms with Gasteiger partial charge >= 0.3 is 0 Å². The van der Waals surface area contributed by atoms with Crippen LogP contribution in [0.25, 0.3) is 0 Å². The molecule has 1 aromatic heterocycles. The van der Waals surface area contributed by atoms with E-state index in [2.05, 4.69) is 36.6 Å². The number of hydrazine groups is 1. The van der Waals surface area contributed by atoms with Gasteiger partial charge in [-0.3, -0.25) is 0 Å². The van der Waals surface area contributed by atoms with Gasteiger partial charge in [-0.25, -0.2) is 24.2 Å². The SMILES string of the molecule is CS(=O)(=O)c1ccc(Nc2ncnc(NN)c2Br)cc1. The molecule has 106 valence electrons. The summed E-state index contributed by atoms with van der Waals surface area (Å²) in [6.45, 7) is 0. The molecule has 0 saturated heterocycles. The van der Waals surface area contributed by atoms with E-state index < -0.39 is 9.84 Å². The maximum atomic E-state index is 11.4. The molecule has 7 nitrogen and oxygen atoms in total. The van der Waals surface area contributed by atoms with Gasteiger partial charge in [0.15, 0.2) is 15.7 Å². The molecule has 0 aliphatic rings. The van der Waals surface area contributed by atoms with Crippen LogP contribution in [-0.4, -0.2) is 24.6 Å². The Morgan fingerprint density at radius 1 is 1.15 bits per heavy atom. The minimum Gasteiger partial charge on any atom is -0.339 e. The summed E-state index contributed by atoms with van der Waals surface area (Å²) in [4.78, 5) is 8.26. The molecule has 2 rings (SSSR count). The predicted molar refractivity (Wildman–Crippen MR) is 80.4 cm³/mol. The largest absolute Gasteiger partial charge is 0.339 e. The van der Waals surface area contributed by atoms with Gasteiger partial charge in [-0.05, 0) is 40.2 Å². The van der Waals surface area contributed by atoms with Gasteiger partial charge in [0.1, 0.15) is 16.6 Å². The zero-order valence-electron chi connectivity index (χ0n) is 10.5. The summed E-state index contributed by atoms with van der Waals surface area (Å²) in [6.07, 6.45) is 2.52. The van der Waals surface area contributed by atoms with E-state index >= 15 is 0 Å². The Kier molecular flexibility index (Phi) is 4.21. The topological polar surface area (TPSA) is 110 Å². The molecule has 4 N–H and O–H groups in total. The lowest BCUT2D eigenvalue weighted by molar-refractivity contribution is 0.602. The molecule has 0 aliphatic heterocycles. The van der Waals surface area contributed by atoms with Crippen molar-refractivity contribution in [2.45, 2.75) is 4.90 Å². The van der Waals surface area contributed by atoms with Gasteiger partial charge in [0.25, 0.3) is 0 Å². The van der Waals surface area contributed by atoms with E-state index in [1.807, 2.05) is 0 Å². The van der Waals surface area contributed by atoms with E-state index in [9.17, 15) is 8.42 Å². The number of benzene rings is 1. The van der Waals surface area contributed by atoms with Crippen molar-refractivity contribution < 1.29 is 8.42 Å². The van der Waals surface area contributed by atoms with Crippen LogP contribution in [0.5, 0.6) is 0 Å². The summed E-state index contributed by atoms with van der Waals surface area (Å²) in [7, 11) is -3.20. The molecule has 20 heavy (non-hydrogen) atoms. The average Bonchev–Trinajstić information content (AvgIpc) is 2.41. The summed E-state index contributed by atoms with van der Waals surface area (Å²) in [5.41, 5.74) is 3.13. The van der Waals surface area contributed by atoms with Crippen molar-refractivity contribution in [3.05, 3.63) is 35.1 Å². The van der Waals surface area contributed by atoms with Crippen LogP contribution in [0.4, 0.5) is 17.3 Å². The number of hydrogen-bond donors (Lipinski definition) is 3. The summed E-state index contributed by atoms with van der Waals surface area (Å²) >= 11 is 3.32. The van der Waals surface area contributed by atoms with Crippen LogP contribution in [0.15, 0.2) is 40.0 Å².